The number of fused-ring (bicyclic) bond motifs is 6. The quantitative estimate of drug-likeness (QED) is 0.197. The van der Waals surface area contributed by atoms with Crippen LogP contribution < -0.4 is 31.4 Å². The number of piperidine rings is 1. The van der Waals surface area contributed by atoms with Gasteiger partial charge in [-0.05, 0) is 86.9 Å². The molecule has 2 aromatic carbocycles. The minimum atomic E-state index is -0.336. The molecule has 3 amide bonds. The van der Waals surface area contributed by atoms with E-state index in [1.54, 1.807) is 20.5 Å². The van der Waals surface area contributed by atoms with Crippen molar-refractivity contribution in [3.8, 4) is 0 Å². The molecule has 1 aliphatic carbocycles. The van der Waals surface area contributed by atoms with Crippen LogP contribution in [0.1, 0.15) is 61.2 Å². The van der Waals surface area contributed by atoms with Crippen LogP contribution in [0.25, 0.3) is 32.0 Å². The van der Waals surface area contributed by atoms with Gasteiger partial charge in [-0.1, -0.05) is 0 Å². The maximum atomic E-state index is 13.2. The summed E-state index contributed by atoms with van der Waals surface area (Å²) in [5, 5.41) is 10.8. The standard InChI is InChI=1S/C40H47N9O4S/c1-25(3-10-34(51)43-24-50)49-30-7-4-26(21-31(30)45(2)39(49)53)46-15-11-40(12-16-46)22-27(23-40)47-17-19-48(20-18-47)33-9-5-28-29(44-33)6-8-32-35(28)36-37(54-32)38(52)42-14-13-41-36/h4-9,21,24-25,27,41H,3,10-20,22-23H2,1-2H3,(H,42,52)(H,43,50,51). The van der Waals surface area contributed by atoms with Gasteiger partial charge in [0.2, 0.25) is 12.3 Å². The van der Waals surface area contributed by atoms with Gasteiger partial charge in [-0.2, -0.15) is 0 Å². The molecule has 9 rings (SSSR count). The van der Waals surface area contributed by atoms with Gasteiger partial charge in [-0.3, -0.25) is 33.7 Å². The number of piperazine rings is 1. The molecule has 1 spiro atoms. The Morgan fingerprint density at radius 1 is 0.981 bits per heavy atom. The van der Waals surface area contributed by atoms with E-state index in [9.17, 15) is 19.2 Å². The topological polar surface area (TPSA) is 137 Å². The lowest BCUT2D eigenvalue weighted by molar-refractivity contribution is -0.125. The smallest absolute Gasteiger partial charge is 0.329 e. The second-order valence-electron chi connectivity index (χ2n) is 15.7. The molecule has 0 bridgehead atoms. The highest BCUT2D eigenvalue weighted by Crippen LogP contribution is 2.51. The lowest BCUT2D eigenvalue weighted by Gasteiger charge is -2.56. The number of benzene rings is 2. The zero-order chi connectivity index (χ0) is 37.1. The summed E-state index contributed by atoms with van der Waals surface area (Å²) < 4.78 is 4.57. The molecule has 1 unspecified atom stereocenters. The number of carbonyl (C=O) groups excluding carboxylic acids is 3. The Balaban J connectivity index is 0.798. The lowest BCUT2D eigenvalue weighted by atomic mass is 9.60. The third kappa shape index (κ3) is 5.99. The number of carbonyl (C=O) groups is 3. The van der Waals surface area contributed by atoms with Crippen molar-refractivity contribution in [2.24, 2.45) is 12.5 Å². The SMILES string of the molecule is CC(CCC(=O)NC=O)n1c(=O)n(C)c2cc(N3CCC4(CC3)CC(N3CCN(c5ccc6c(ccc7sc8c(c76)NCCNC8=O)n5)CC3)C4)ccc21. The number of hydrogen-bond acceptors (Lipinski definition) is 10. The molecule has 1 saturated carbocycles. The van der Waals surface area contributed by atoms with Crippen LogP contribution in [0.5, 0.6) is 0 Å². The van der Waals surface area contributed by atoms with Crippen LogP contribution in [-0.2, 0) is 16.6 Å². The Morgan fingerprint density at radius 2 is 1.76 bits per heavy atom. The molecule has 4 aliphatic rings. The molecule has 6 heterocycles. The van der Waals surface area contributed by atoms with E-state index < -0.39 is 0 Å². The minimum absolute atomic E-state index is 0.00318. The van der Waals surface area contributed by atoms with Gasteiger partial charge in [0.25, 0.3) is 5.91 Å². The number of amides is 3. The Kier molecular flexibility index (Phi) is 8.84. The van der Waals surface area contributed by atoms with Crippen molar-refractivity contribution in [1.29, 1.82) is 0 Å². The van der Waals surface area contributed by atoms with Gasteiger partial charge in [0.15, 0.2) is 0 Å². The Bertz CT molecular complexity index is 2340. The van der Waals surface area contributed by atoms with E-state index in [0.717, 1.165) is 93.4 Å². The number of imide groups is 1. The van der Waals surface area contributed by atoms with Crippen molar-refractivity contribution >= 4 is 78.8 Å². The summed E-state index contributed by atoms with van der Waals surface area (Å²) in [6.07, 6.45) is 5.94. The first-order valence-electron chi connectivity index (χ1n) is 19.3. The molecule has 54 heavy (non-hydrogen) atoms. The molecule has 2 saturated heterocycles. The maximum Gasteiger partial charge on any atom is 0.329 e. The monoisotopic (exact) mass is 749 g/mol. The van der Waals surface area contributed by atoms with Gasteiger partial charge < -0.3 is 20.4 Å². The van der Waals surface area contributed by atoms with Gasteiger partial charge in [-0.25, -0.2) is 9.78 Å². The molecular weight excluding hydrogens is 703 g/mol. The van der Waals surface area contributed by atoms with Gasteiger partial charge >= 0.3 is 5.69 Å². The fraction of sp³-hybridized carbons (Fsp3) is 0.475. The van der Waals surface area contributed by atoms with Gasteiger partial charge in [0.05, 0.1) is 22.2 Å². The molecule has 13 nitrogen and oxygen atoms in total. The number of thiophene rings is 1. The number of nitrogens with zero attached hydrogens (tertiary/aromatic N) is 6. The predicted octanol–water partition coefficient (Wildman–Crippen LogP) is 4.44. The average Bonchev–Trinajstić information content (AvgIpc) is 3.61. The van der Waals surface area contributed by atoms with E-state index in [0.29, 0.717) is 37.4 Å². The Hall–Kier alpha value is -4.95. The van der Waals surface area contributed by atoms with E-state index in [1.165, 1.54) is 25.7 Å². The van der Waals surface area contributed by atoms with Crippen LogP contribution in [0.2, 0.25) is 0 Å². The molecular formula is C40H47N9O4S. The Morgan fingerprint density at radius 3 is 2.54 bits per heavy atom. The van der Waals surface area contributed by atoms with E-state index in [4.69, 9.17) is 4.98 Å². The minimum Gasteiger partial charge on any atom is -0.381 e. The summed E-state index contributed by atoms with van der Waals surface area (Å²) in [7, 11) is 1.81. The summed E-state index contributed by atoms with van der Waals surface area (Å²) in [6, 6.07) is 15.3. The lowest BCUT2D eigenvalue weighted by Crippen LogP contribution is -2.59. The summed E-state index contributed by atoms with van der Waals surface area (Å²) in [6.45, 7) is 9.34. The number of rotatable bonds is 8. The van der Waals surface area contributed by atoms with Crippen LogP contribution in [0.3, 0.4) is 0 Å². The molecule has 3 aliphatic heterocycles. The molecule has 3 N–H and O–H groups in total. The largest absolute Gasteiger partial charge is 0.381 e. The van der Waals surface area contributed by atoms with Crippen molar-refractivity contribution in [2.75, 3.05) is 67.5 Å². The van der Waals surface area contributed by atoms with Crippen LogP contribution in [-0.4, -0.2) is 95.6 Å². The molecule has 3 aromatic heterocycles. The number of aromatic nitrogens is 3. The Labute approximate surface area is 317 Å². The highest BCUT2D eigenvalue weighted by atomic mass is 32.1. The maximum absolute atomic E-state index is 13.2. The van der Waals surface area contributed by atoms with Crippen LogP contribution in [0.15, 0.2) is 47.3 Å². The number of aryl methyl sites for hydroxylation is 1. The number of imidazole rings is 1. The number of pyridine rings is 1. The number of anilines is 3. The first-order valence-corrected chi connectivity index (χ1v) is 20.1. The molecule has 5 aromatic rings. The normalized spacial score (nSPS) is 19.7. The highest BCUT2D eigenvalue weighted by molar-refractivity contribution is 7.21. The summed E-state index contributed by atoms with van der Waals surface area (Å²) in [5.74, 6) is 0.684. The summed E-state index contributed by atoms with van der Waals surface area (Å²) in [4.78, 5) is 61.8. The van der Waals surface area contributed by atoms with E-state index in [2.05, 4.69) is 67.0 Å². The zero-order valence-corrected chi connectivity index (χ0v) is 31.7. The molecule has 282 valence electrons. The van der Waals surface area contributed by atoms with E-state index in [1.807, 2.05) is 20.0 Å². The predicted molar refractivity (Wildman–Crippen MR) is 214 cm³/mol. The fourth-order valence-electron chi connectivity index (χ4n) is 9.48. The molecule has 3 fully saturated rings. The summed E-state index contributed by atoms with van der Waals surface area (Å²) >= 11 is 1.54. The van der Waals surface area contributed by atoms with Crippen molar-refractivity contribution < 1.29 is 14.4 Å². The molecule has 14 heteroatoms. The first-order chi connectivity index (χ1) is 26.2. The number of nitrogens with one attached hydrogen (secondary N) is 3. The van der Waals surface area contributed by atoms with Crippen molar-refractivity contribution in [2.45, 2.75) is 57.5 Å². The van der Waals surface area contributed by atoms with Gasteiger partial charge in [0.1, 0.15) is 10.7 Å². The third-order valence-corrected chi connectivity index (χ3v) is 13.8. The van der Waals surface area contributed by atoms with Crippen LogP contribution in [0, 0.1) is 5.41 Å². The van der Waals surface area contributed by atoms with Crippen molar-refractivity contribution in [3.05, 3.63) is 57.8 Å². The molecule has 0 radical (unpaired) electrons. The fourth-order valence-corrected chi connectivity index (χ4v) is 10.6. The average molecular weight is 750 g/mol. The van der Waals surface area contributed by atoms with Crippen LogP contribution in [0.4, 0.5) is 17.2 Å². The third-order valence-electron chi connectivity index (χ3n) is 12.6. The molecule has 1 atom stereocenters. The number of hydrogen-bond donors (Lipinski definition) is 3. The van der Waals surface area contributed by atoms with Crippen LogP contribution >= 0.6 is 11.3 Å². The summed E-state index contributed by atoms with van der Waals surface area (Å²) in [5.41, 5.74) is 5.14. The van der Waals surface area contributed by atoms with Gasteiger partial charge in [0, 0.05) is 99.1 Å². The second-order valence-corrected chi connectivity index (χ2v) is 16.7. The van der Waals surface area contributed by atoms with E-state index in [-0.39, 0.29) is 30.0 Å². The zero-order valence-electron chi connectivity index (χ0n) is 30.9. The van der Waals surface area contributed by atoms with Crippen molar-refractivity contribution in [1.82, 2.24) is 29.7 Å². The second kappa shape index (κ2) is 13.7. The highest BCUT2D eigenvalue weighted by Gasteiger charge is 2.48. The van der Waals surface area contributed by atoms with Crippen molar-refractivity contribution in [3.63, 3.8) is 0 Å². The van der Waals surface area contributed by atoms with E-state index >= 15 is 0 Å². The van der Waals surface area contributed by atoms with Gasteiger partial charge in [-0.15, -0.1) is 11.3 Å². The first kappa shape index (κ1) is 34.8.